The summed E-state index contributed by atoms with van der Waals surface area (Å²) in [5.74, 6) is -0.836. The van der Waals surface area contributed by atoms with Gasteiger partial charge in [-0.2, -0.15) is 5.10 Å². The smallest absolute Gasteiger partial charge is 0.282 e. The number of benzene rings is 3. The largest absolute Gasteiger partial charge is 0.484 e. The average Bonchev–Trinajstić information content (AvgIpc) is 2.83. The molecular weight excluding hydrogens is 446 g/mol. The van der Waals surface area contributed by atoms with E-state index in [9.17, 15) is 29.8 Å². The molecule has 0 heterocycles. The highest BCUT2D eigenvalue weighted by Gasteiger charge is 2.18. The van der Waals surface area contributed by atoms with Gasteiger partial charge in [0.2, 0.25) is 0 Å². The number of nitro groups is 2. The summed E-state index contributed by atoms with van der Waals surface area (Å²) in [5, 5.41) is 28.1. The highest BCUT2D eigenvalue weighted by atomic mass is 16.6. The summed E-state index contributed by atoms with van der Waals surface area (Å²) in [6.07, 6.45) is 1.34. The Morgan fingerprint density at radius 3 is 2.38 bits per heavy atom. The van der Waals surface area contributed by atoms with Gasteiger partial charge in [-0.3, -0.25) is 29.8 Å². The first kappa shape index (κ1) is 23.5. The van der Waals surface area contributed by atoms with E-state index in [1.165, 1.54) is 54.7 Å². The number of nitrogens with one attached hydrogen (secondary N) is 2. The van der Waals surface area contributed by atoms with Crippen molar-refractivity contribution in [3.63, 3.8) is 0 Å². The normalized spacial score (nSPS) is 10.5. The van der Waals surface area contributed by atoms with Crippen LogP contribution in [0.25, 0.3) is 0 Å². The number of rotatable bonds is 9. The minimum atomic E-state index is -0.724. The van der Waals surface area contributed by atoms with E-state index in [4.69, 9.17) is 4.74 Å². The predicted octanol–water partition coefficient (Wildman–Crippen LogP) is 3.28. The van der Waals surface area contributed by atoms with Gasteiger partial charge in [0.15, 0.2) is 6.61 Å². The third-order valence-electron chi connectivity index (χ3n) is 4.32. The molecule has 34 heavy (non-hydrogen) atoms. The van der Waals surface area contributed by atoms with Crippen molar-refractivity contribution >= 4 is 35.1 Å². The van der Waals surface area contributed by atoms with E-state index in [0.29, 0.717) is 11.3 Å². The molecule has 3 aromatic rings. The molecule has 0 fully saturated rings. The lowest BCUT2D eigenvalue weighted by molar-refractivity contribution is -0.385. The fourth-order valence-corrected chi connectivity index (χ4v) is 2.74. The van der Waals surface area contributed by atoms with Crippen LogP contribution in [-0.2, 0) is 4.79 Å². The quantitative estimate of drug-likeness (QED) is 0.279. The second kappa shape index (κ2) is 10.9. The number of hydrazone groups is 1. The molecule has 0 aliphatic carbocycles. The summed E-state index contributed by atoms with van der Waals surface area (Å²) in [5.41, 5.74) is 2.51. The highest BCUT2D eigenvalue weighted by molar-refractivity contribution is 5.98. The molecule has 0 atom stereocenters. The summed E-state index contributed by atoms with van der Waals surface area (Å²) in [6, 6.07) is 17.4. The lowest BCUT2D eigenvalue weighted by atomic mass is 10.2. The maximum absolute atomic E-state index is 12.1. The number of anilines is 1. The zero-order valence-corrected chi connectivity index (χ0v) is 17.4. The molecule has 12 nitrogen and oxygen atoms in total. The standard InChI is InChI=1S/C22H17N5O7/c28-21(24-16-4-3-5-17(12-16)26(30)31)14-34-18-10-8-15(9-11-18)13-23-25-22(29)19-6-1-2-7-20(19)27(32)33/h1-13H,14H2,(H,24,28)(H,25,29)/b23-13+. The summed E-state index contributed by atoms with van der Waals surface area (Å²) < 4.78 is 5.38. The van der Waals surface area contributed by atoms with E-state index in [-0.39, 0.29) is 29.2 Å². The zero-order chi connectivity index (χ0) is 24.5. The molecule has 0 radical (unpaired) electrons. The number of ether oxygens (including phenoxy) is 1. The van der Waals surface area contributed by atoms with Crippen LogP contribution in [0.3, 0.4) is 0 Å². The Bertz CT molecular complexity index is 1260. The van der Waals surface area contributed by atoms with Gasteiger partial charge in [0.1, 0.15) is 11.3 Å². The van der Waals surface area contributed by atoms with Crippen LogP contribution in [0.4, 0.5) is 17.1 Å². The van der Waals surface area contributed by atoms with Crippen molar-refractivity contribution < 1.29 is 24.2 Å². The fraction of sp³-hybridized carbons (Fsp3) is 0.0455. The van der Waals surface area contributed by atoms with Crippen LogP contribution in [-0.4, -0.2) is 34.5 Å². The molecule has 0 saturated carbocycles. The lowest BCUT2D eigenvalue weighted by Gasteiger charge is -2.07. The topological polar surface area (TPSA) is 166 Å². The van der Waals surface area contributed by atoms with Crippen molar-refractivity contribution in [2.45, 2.75) is 0 Å². The highest BCUT2D eigenvalue weighted by Crippen LogP contribution is 2.18. The molecule has 0 saturated heterocycles. The van der Waals surface area contributed by atoms with Crippen molar-refractivity contribution in [2.24, 2.45) is 5.10 Å². The van der Waals surface area contributed by atoms with Crippen LogP contribution < -0.4 is 15.5 Å². The molecule has 0 aromatic heterocycles. The van der Waals surface area contributed by atoms with Gasteiger partial charge >= 0.3 is 0 Å². The van der Waals surface area contributed by atoms with E-state index in [2.05, 4.69) is 15.8 Å². The fourth-order valence-electron chi connectivity index (χ4n) is 2.74. The van der Waals surface area contributed by atoms with Gasteiger partial charge in [-0.25, -0.2) is 5.43 Å². The Hall–Kier alpha value is -5.13. The van der Waals surface area contributed by atoms with Crippen LogP contribution in [0.2, 0.25) is 0 Å². The van der Waals surface area contributed by atoms with Crippen molar-refractivity contribution in [1.29, 1.82) is 0 Å². The Morgan fingerprint density at radius 2 is 1.68 bits per heavy atom. The summed E-state index contributed by atoms with van der Waals surface area (Å²) in [6.45, 7) is -0.317. The van der Waals surface area contributed by atoms with Crippen molar-refractivity contribution in [3.8, 4) is 5.75 Å². The Kier molecular flexibility index (Phi) is 7.58. The van der Waals surface area contributed by atoms with Crippen molar-refractivity contribution in [1.82, 2.24) is 5.43 Å². The van der Waals surface area contributed by atoms with Crippen LogP contribution in [0.15, 0.2) is 77.9 Å². The zero-order valence-electron chi connectivity index (χ0n) is 17.4. The molecule has 2 N–H and O–H groups in total. The summed E-state index contributed by atoms with van der Waals surface area (Å²) in [4.78, 5) is 44.7. The molecule has 0 aliphatic heterocycles. The minimum absolute atomic E-state index is 0.114. The van der Waals surface area contributed by atoms with E-state index < -0.39 is 21.7 Å². The molecule has 2 amide bonds. The number of hydrogen-bond acceptors (Lipinski definition) is 8. The molecule has 0 bridgehead atoms. The van der Waals surface area contributed by atoms with Crippen LogP contribution in [0.1, 0.15) is 15.9 Å². The van der Waals surface area contributed by atoms with Gasteiger partial charge in [-0.15, -0.1) is 0 Å². The number of nitrogens with zero attached hydrogens (tertiary/aromatic N) is 3. The summed E-state index contributed by atoms with van der Waals surface area (Å²) in [7, 11) is 0. The molecule has 12 heteroatoms. The van der Waals surface area contributed by atoms with Gasteiger partial charge < -0.3 is 10.1 Å². The first-order valence-electron chi connectivity index (χ1n) is 9.67. The second-order valence-electron chi connectivity index (χ2n) is 6.69. The monoisotopic (exact) mass is 463 g/mol. The van der Waals surface area contributed by atoms with Gasteiger partial charge in [0.25, 0.3) is 23.2 Å². The third-order valence-corrected chi connectivity index (χ3v) is 4.32. The SMILES string of the molecule is O=C(COc1ccc(/C=N/NC(=O)c2ccccc2[N+](=O)[O-])cc1)Nc1cccc([N+](=O)[O-])c1. The number of carbonyl (C=O) groups excluding carboxylic acids is 2. The van der Waals surface area contributed by atoms with E-state index in [1.807, 2.05) is 0 Å². The second-order valence-corrected chi connectivity index (χ2v) is 6.69. The van der Waals surface area contributed by atoms with E-state index in [0.717, 1.165) is 0 Å². The molecule has 3 aromatic carbocycles. The van der Waals surface area contributed by atoms with Gasteiger partial charge in [0.05, 0.1) is 16.1 Å². The number of hydrogen-bond donors (Lipinski definition) is 2. The number of carbonyl (C=O) groups is 2. The number of para-hydroxylation sites is 1. The maximum Gasteiger partial charge on any atom is 0.282 e. The number of nitro benzene ring substituents is 2. The number of amides is 2. The molecule has 0 spiro atoms. The molecule has 0 unspecified atom stereocenters. The third kappa shape index (κ3) is 6.43. The number of non-ortho nitro benzene ring substituents is 1. The lowest BCUT2D eigenvalue weighted by Crippen LogP contribution is -2.20. The Balaban J connectivity index is 1.50. The Morgan fingerprint density at radius 1 is 0.941 bits per heavy atom. The van der Waals surface area contributed by atoms with Crippen LogP contribution in [0, 0.1) is 20.2 Å². The first-order chi connectivity index (χ1) is 16.3. The molecule has 0 aliphatic rings. The maximum atomic E-state index is 12.1. The molecule has 172 valence electrons. The molecular formula is C22H17N5O7. The summed E-state index contributed by atoms with van der Waals surface area (Å²) >= 11 is 0. The van der Waals surface area contributed by atoms with Gasteiger partial charge in [-0.1, -0.05) is 18.2 Å². The van der Waals surface area contributed by atoms with Crippen molar-refractivity contribution in [3.05, 3.63) is 104 Å². The van der Waals surface area contributed by atoms with Crippen LogP contribution >= 0.6 is 0 Å². The van der Waals surface area contributed by atoms with Crippen molar-refractivity contribution in [2.75, 3.05) is 11.9 Å². The first-order valence-corrected chi connectivity index (χ1v) is 9.67. The van der Waals surface area contributed by atoms with Gasteiger partial charge in [0, 0.05) is 23.9 Å². The average molecular weight is 463 g/mol. The van der Waals surface area contributed by atoms with E-state index >= 15 is 0 Å². The Labute approximate surface area is 192 Å². The van der Waals surface area contributed by atoms with Gasteiger partial charge in [-0.05, 0) is 42.0 Å². The van der Waals surface area contributed by atoms with Crippen LogP contribution in [0.5, 0.6) is 5.75 Å². The van der Waals surface area contributed by atoms with E-state index in [1.54, 1.807) is 24.3 Å². The molecule has 3 rings (SSSR count). The predicted molar refractivity (Wildman–Crippen MR) is 122 cm³/mol. The minimum Gasteiger partial charge on any atom is -0.484 e.